The van der Waals surface area contributed by atoms with E-state index in [1.54, 1.807) is 18.2 Å². The van der Waals surface area contributed by atoms with Gasteiger partial charge in [-0.05, 0) is 36.8 Å². The minimum Gasteiger partial charge on any atom is -0.491 e. The van der Waals surface area contributed by atoms with E-state index in [1.807, 2.05) is 31.2 Å². The van der Waals surface area contributed by atoms with Crippen LogP contribution in [-0.2, 0) is 13.0 Å². The first-order chi connectivity index (χ1) is 12.6. The third kappa shape index (κ3) is 4.08. The number of nitrogens with zero attached hydrogens (tertiary/aromatic N) is 3. The molecular formula is C20H19N3O3. The fourth-order valence-electron chi connectivity index (χ4n) is 2.67. The van der Waals surface area contributed by atoms with Crippen molar-refractivity contribution in [2.24, 2.45) is 0 Å². The zero-order valence-corrected chi connectivity index (χ0v) is 14.4. The SMILES string of the molecule is Cc1ccc2ncn(C[C@H](O)COc3ccc(CC#N)cc3)c(=O)c2c1. The normalized spacial score (nSPS) is 11.9. The molecule has 6 heteroatoms. The zero-order chi connectivity index (χ0) is 18.5. The maximum Gasteiger partial charge on any atom is 0.261 e. The summed E-state index contributed by atoms with van der Waals surface area (Å²) in [4.78, 5) is 16.8. The summed E-state index contributed by atoms with van der Waals surface area (Å²) < 4.78 is 6.95. The second-order valence-corrected chi connectivity index (χ2v) is 6.17. The number of fused-ring (bicyclic) bond motifs is 1. The number of rotatable bonds is 6. The van der Waals surface area contributed by atoms with Crippen LogP contribution in [0.5, 0.6) is 5.75 Å². The maximum atomic E-state index is 12.5. The van der Waals surface area contributed by atoms with Crippen molar-refractivity contribution in [1.82, 2.24) is 9.55 Å². The van der Waals surface area contributed by atoms with Crippen molar-refractivity contribution >= 4 is 10.9 Å². The Hall–Kier alpha value is -3.17. The second-order valence-electron chi connectivity index (χ2n) is 6.17. The average molecular weight is 349 g/mol. The second kappa shape index (κ2) is 7.81. The van der Waals surface area contributed by atoms with Gasteiger partial charge in [-0.2, -0.15) is 5.26 Å². The van der Waals surface area contributed by atoms with Gasteiger partial charge in [0.15, 0.2) is 0 Å². The van der Waals surface area contributed by atoms with Crippen LogP contribution in [0.3, 0.4) is 0 Å². The van der Waals surface area contributed by atoms with Crippen LogP contribution >= 0.6 is 0 Å². The third-order valence-electron chi connectivity index (χ3n) is 4.04. The molecule has 0 spiro atoms. The quantitative estimate of drug-likeness (QED) is 0.737. The third-order valence-corrected chi connectivity index (χ3v) is 4.04. The van der Waals surface area contributed by atoms with E-state index in [-0.39, 0.29) is 18.7 Å². The molecule has 3 aromatic rings. The molecule has 0 saturated carbocycles. The summed E-state index contributed by atoms with van der Waals surface area (Å²) >= 11 is 0. The van der Waals surface area contributed by atoms with E-state index in [1.165, 1.54) is 10.9 Å². The maximum absolute atomic E-state index is 12.5. The van der Waals surface area contributed by atoms with E-state index in [0.29, 0.717) is 23.1 Å². The molecule has 6 nitrogen and oxygen atoms in total. The Bertz CT molecular complexity index is 1000. The molecule has 1 aromatic heterocycles. The van der Waals surface area contributed by atoms with Crippen LogP contribution in [0.15, 0.2) is 53.6 Å². The highest BCUT2D eigenvalue weighted by Crippen LogP contribution is 2.13. The highest BCUT2D eigenvalue weighted by atomic mass is 16.5. The molecule has 0 saturated heterocycles. The van der Waals surface area contributed by atoms with Gasteiger partial charge in [-0.3, -0.25) is 9.36 Å². The lowest BCUT2D eigenvalue weighted by Gasteiger charge is -2.14. The van der Waals surface area contributed by atoms with Crippen molar-refractivity contribution in [2.75, 3.05) is 6.61 Å². The van der Waals surface area contributed by atoms with Crippen LogP contribution in [0.1, 0.15) is 11.1 Å². The van der Waals surface area contributed by atoms with Gasteiger partial charge in [0.1, 0.15) is 18.5 Å². The molecule has 0 aliphatic rings. The smallest absolute Gasteiger partial charge is 0.261 e. The van der Waals surface area contributed by atoms with Crippen LogP contribution in [0.25, 0.3) is 10.9 Å². The molecule has 0 unspecified atom stereocenters. The van der Waals surface area contributed by atoms with Gasteiger partial charge < -0.3 is 9.84 Å². The Morgan fingerprint density at radius 3 is 2.77 bits per heavy atom. The van der Waals surface area contributed by atoms with Gasteiger partial charge in [-0.25, -0.2) is 4.98 Å². The lowest BCUT2D eigenvalue weighted by atomic mass is 10.1. The number of hydrogen-bond acceptors (Lipinski definition) is 5. The lowest BCUT2D eigenvalue weighted by Crippen LogP contribution is -2.30. The van der Waals surface area contributed by atoms with E-state index in [0.717, 1.165) is 11.1 Å². The topological polar surface area (TPSA) is 88.1 Å². The molecule has 0 aliphatic carbocycles. The molecule has 3 rings (SSSR count). The molecule has 132 valence electrons. The van der Waals surface area contributed by atoms with Crippen molar-refractivity contribution in [3.05, 3.63) is 70.3 Å². The molecule has 2 aromatic carbocycles. The first-order valence-electron chi connectivity index (χ1n) is 8.29. The van der Waals surface area contributed by atoms with Gasteiger partial charge >= 0.3 is 0 Å². The van der Waals surface area contributed by atoms with Crippen LogP contribution in [0.4, 0.5) is 0 Å². The number of ether oxygens (including phenoxy) is 1. The van der Waals surface area contributed by atoms with E-state index >= 15 is 0 Å². The summed E-state index contributed by atoms with van der Waals surface area (Å²) in [6, 6.07) is 14.7. The van der Waals surface area contributed by atoms with E-state index in [2.05, 4.69) is 11.1 Å². The zero-order valence-electron chi connectivity index (χ0n) is 14.4. The monoisotopic (exact) mass is 349 g/mol. The van der Waals surface area contributed by atoms with Crippen LogP contribution in [0.2, 0.25) is 0 Å². The summed E-state index contributed by atoms with van der Waals surface area (Å²) in [5.74, 6) is 0.602. The summed E-state index contributed by atoms with van der Waals surface area (Å²) in [5, 5.41) is 19.4. The number of aliphatic hydroxyl groups is 1. The molecule has 0 fully saturated rings. The van der Waals surface area contributed by atoms with Gasteiger partial charge in [0.25, 0.3) is 5.56 Å². The molecule has 26 heavy (non-hydrogen) atoms. The fraction of sp³-hybridized carbons (Fsp3) is 0.250. The molecule has 0 aliphatic heterocycles. The highest BCUT2D eigenvalue weighted by molar-refractivity contribution is 5.77. The minimum absolute atomic E-state index is 0.0515. The van der Waals surface area contributed by atoms with Gasteiger partial charge in [0, 0.05) is 0 Å². The Morgan fingerprint density at radius 1 is 1.27 bits per heavy atom. The fourth-order valence-corrected chi connectivity index (χ4v) is 2.67. The van der Waals surface area contributed by atoms with E-state index in [4.69, 9.17) is 10.00 Å². The summed E-state index contributed by atoms with van der Waals surface area (Å²) in [5.41, 5.74) is 2.35. The number of aliphatic hydroxyl groups excluding tert-OH is 1. The molecule has 1 N–H and O–H groups in total. The molecule has 1 atom stereocenters. The standard InChI is InChI=1S/C20H19N3O3/c1-14-2-7-19-18(10-14)20(25)23(13-22-19)11-16(24)12-26-17-5-3-15(4-6-17)8-9-21/h2-7,10,13,16,24H,8,11-12H2,1H3/t16-/m0/s1. The minimum atomic E-state index is -0.851. The Kier molecular flexibility index (Phi) is 5.30. The van der Waals surface area contributed by atoms with Gasteiger partial charge in [-0.15, -0.1) is 0 Å². The molecule has 0 radical (unpaired) electrons. The van der Waals surface area contributed by atoms with E-state index < -0.39 is 6.10 Å². The highest BCUT2D eigenvalue weighted by Gasteiger charge is 2.10. The lowest BCUT2D eigenvalue weighted by molar-refractivity contribution is 0.0915. The van der Waals surface area contributed by atoms with E-state index in [9.17, 15) is 9.90 Å². The average Bonchev–Trinajstić information content (AvgIpc) is 2.64. The summed E-state index contributed by atoms with van der Waals surface area (Å²) in [7, 11) is 0. The number of nitriles is 1. The number of hydrogen-bond donors (Lipinski definition) is 1. The van der Waals surface area contributed by atoms with Crippen molar-refractivity contribution in [3.8, 4) is 11.8 Å². The number of aryl methyl sites for hydroxylation is 1. The predicted molar refractivity (Wildman–Crippen MR) is 98.0 cm³/mol. The van der Waals surface area contributed by atoms with Gasteiger partial charge in [0.2, 0.25) is 0 Å². The largest absolute Gasteiger partial charge is 0.491 e. The summed E-state index contributed by atoms with van der Waals surface area (Å²) in [6.45, 7) is 2.07. The number of benzene rings is 2. The molecular weight excluding hydrogens is 330 g/mol. The predicted octanol–water partition coefficient (Wildman–Crippen LogP) is 2.21. The van der Waals surface area contributed by atoms with Crippen LogP contribution in [0, 0.1) is 18.3 Å². The van der Waals surface area contributed by atoms with Gasteiger partial charge in [0.05, 0.1) is 36.3 Å². The first-order valence-corrected chi connectivity index (χ1v) is 8.29. The first kappa shape index (κ1) is 17.6. The molecule has 0 amide bonds. The van der Waals surface area contributed by atoms with Gasteiger partial charge in [-0.1, -0.05) is 23.8 Å². The van der Waals surface area contributed by atoms with Crippen molar-refractivity contribution < 1.29 is 9.84 Å². The Balaban J connectivity index is 1.65. The van der Waals surface area contributed by atoms with Crippen molar-refractivity contribution in [2.45, 2.75) is 26.0 Å². The van der Waals surface area contributed by atoms with Crippen LogP contribution < -0.4 is 10.3 Å². The summed E-state index contributed by atoms with van der Waals surface area (Å²) in [6.07, 6.45) is 0.940. The van der Waals surface area contributed by atoms with Crippen molar-refractivity contribution in [3.63, 3.8) is 0 Å². The molecule has 1 heterocycles. The number of aromatic nitrogens is 2. The Labute approximate surface area is 150 Å². The Morgan fingerprint density at radius 2 is 2.04 bits per heavy atom. The molecule has 0 bridgehead atoms. The van der Waals surface area contributed by atoms with Crippen molar-refractivity contribution in [1.29, 1.82) is 5.26 Å². The van der Waals surface area contributed by atoms with Crippen LogP contribution in [-0.4, -0.2) is 27.4 Å².